The Bertz CT molecular complexity index is 114. The van der Waals surface area contributed by atoms with E-state index in [0.717, 1.165) is 19.4 Å². The lowest BCUT2D eigenvalue weighted by Gasteiger charge is -2.31. The summed E-state index contributed by atoms with van der Waals surface area (Å²) in [7, 11) is 0. The summed E-state index contributed by atoms with van der Waals surface area (Å²) in [5.41, 5.74) is 2.79. The van der Waals surface area contributed by atoms with E-state index in [2.05, 4.69) is 12.4 Å². The first-order valence-corrected chi connectivity index (χ1v) is 5.43. The first-order chi connectivity index (χ1) is 6.74. The van der Waals surface area contributed by atoms with Crippen molar-refractivity contribution in [3.63, 3.8) is 0 Å². The minimum absolute atomic E-state index is 0.575. The van der Waals surface area contributed by atoms with Crippen LogP contribution < -0.4 is 5.48 Å². The molecule has 4 heteroatoms. The highest BCUT2D eigenvalue weighted by molar-refractivity contribution is 4.55. The van der Waals surface area contributed by atoms with Gasteiger partial charge in [0.25, 0.3) is 5.97 Å². The van der Waals surface area contributed by atoms with Gasteiger partial charge in [-0.05, 0) is 20.3 Å². The Labute approximate surface area is 86.9 Å². The third kappa shape index (κ3) is 4.91. The standard InChI is InChI=1S/C10H23NO3/c1-5-9-10(12-7-3,13-8-4)14-11-6-2/h11H,5-9H2,1-4H3. The van der Waals surface area contributed by atoms with E-state index in [1.165, 1.54) is 0 Å². The third-order valence-electron chi connectivity index (χ3n) is 1.66. The van der Waals surface area contributed by atoms with Gasteiger partial charge in [-0.2, -0.15) is 5.48 Å². The molecule has 0 amide bonds. The number of ether oxygens (including phenoxy) is 2. The maximum Gasteiger partial charge on any atom is 0.299 e. The molecule has 0 aliphatic rings. The van der Waals surface area contributed by atoms with Crippen LogP contribution in [-0.4, -0.2) is 25.7 Å². The van der Waals surface area contributed by atoms with Crippen molar-refractivity contribution in [3.05, 3.63) is 0 Å². The highest BCUT2D eigenvalue weighted by Crippen LogP contribution is 2.20. The Morgan fingerprint density at radius 1 is 1.00 bits per heavy atom. The van der Waals surface area contributed by atoms with Gasteiger partial charge in [-0.1, -0.05) is 13.8 Å². The Hall–Kier alpha value is -0.160. The van der Waals surface area contributed by atoms with Gasteiger partial charge in [0.15, 0.2) is 0 Å². The van der Waals surface area contributed by atoms with Gasteiger partial charge >= 0.3 is 0 Å². The predicted molar refractivity (Wildman–Crippen MR) is 55.7 cm³/mol. The summed E-state index contributed by atoms with van der Waals surface area (Å²) < 4.78 is 11.0. The van der Waals surface area contributed by atoms with Gasteiger partial charge in [-0.3, -0.25) is 0 Å². The molecule has 14 heavy (non-hydrogen) atoms. The van der Waals surface area contributed by atoms with E-state index in [-0.39, 0.29) is 0 Å². The summed E-state index contributed by atoms with van der Waals surface area (Å²) in [6.45, 7) is 9.77. The Balaban J connectivity index is 4.21. The monoisotopic (exact) mass is 205 g/mol. The van der Waals surface area contributed by atoms with Gasteiger partial charge < -0.3 is 9.47 Å². The number of rotatable bonds is 9. The second-order valence-electron chi connectivity index (χ2n) is 2.90. The van der Waals surface area contributed by atoms with Gasteiger partial charge in [-0.15, -0.1) is 0 Å². The SMILES string of the molecule is CCCC(OCC)(OCC)ONCC. The number of nitrogens with one attached hydrogen (secondary N) is 1. The molecule has 1 N–H and O–H groups in total. The third-order valence-corrected chi connectivity index (χ3v) is 1.66. The molecule has 0 bridgehead atoms. The van der Waals surface area contributed by atoms with Crippen molar-refractivity contribution in [1.29, 1.82) is 0 Å². The molecule has 0 heterocycles. The van der Waals surface area contributed by atoms with Crippen molar-refractivity contribution in [2.75, 3.05) is 19.8 Å². The summed E-state index contributed by atoms with van der Waals surface area (Å²) in [5, 5.41) is 0. The van der Waals surface area contributed by atoms with Crippen LogP contribution in [-0.2, 0) is 14.3 Å². The second-order valence-corrected chi connectivity index (χ2v) is 2.90. The van der Waals surface area contributed by atoms with Crippen LogP contribution in [0.2, 0.25) is 0 Å². The zero-order valence-corrected chi connectivity index (χ0v) is 9.76. The molecule has 0 aromatic heterocycles. The van der Waals surface area contributed by atoms with Crippen molar-refractivity contribution in [2.45, 2.75) is 46.5 Å². The molecule has 0 aliphatic carbocycles. The number of hydroxylamine groups is 1. The summed E-state index contributed by atoms with van der Waals surface area (Å²) >= 11 is 0. The van der Waals surface area contributed by atoms with Crippen molar-refractivity contribution in [3.8, 4) is 0 Å². The summed E-state index contributed by atoms with van der Waals surface area (Å²) in [5.74, 6) is -0.908. The van der Waals surface area contributed by atoms with Gasteiger partial charge in [0.2, 0.25) is 0 Å². The Morgan fingerprint density at radius 2 is 1.57 bits per heavy atom. The molecule has 0 aromatic rings. The maximum atomic E-state index is 5.51. The molecule has 0 aliphatic heterocycles. The van der Waals surface area contributed by atoms with E-state index in [4.69, 9.17) is 14.3 Å². The van der Waals surface area contributed by atoms with Crippen LogP contribution in [0.1, 0.15) is 40.5 Å². The molecule has 0 atom stereocenters. The smallest absolute Gasteiger partial charge is 0.299 e. The molecule has 0 unspecified atom stereocenters. The fourth-order valence-electron chi connectivity index (χ4n) is 1.22. The summed E-state index contributed by atoms with van der Waals surface area (Å²) in [6, 6.07) is 0. The molecular formula is C10H23NO3. The average Bonchev–Trinajstić information content (AvgIpc) is 2.16. The van der Waals surface area contributed by atoms with Crippen LogP contribution in [0.15, 0.2) is 0 Å². The van der Waals surface area contributed by atoms with Crippen molar-refractivity contribution in [2.24, 2.45) is 0 Å². The zero-order chi connectivity index (χ0) is 10.9. The fourth-order valence-corrected chi connectivity index (χ4v) is 1.22. The molecule has 86 valence electrons. The minimum Gasteiger partial charge on any atom is -0.327 e. The minimum atomic E-state index is -0.908. The van der Waals surface area contributed by atoms with Crippen LogP contribution in [0.4, 0.5) is 0 Å². The van der Waals surface area contributed by atoms with Crippen molar-refractivity contribution >= 4 is 0 Å². The van der Waals surface area contributed by atoms with Crippen LogP contribution in [0, 0.1) is 0 Å². The van der Waals surface area contributed by atoms with Gasteiger partial charge in [-0.25, -0.2) is 4.84 Å². The van der Waals surface area contributed by atoms with Crippen LogP contribution in [0.5, 0.6) is 0 Å². The van der Waals surface area contributed by atoms with Gasteiger partial charge in [0.05, 0.1) is 0 Å². The summed E-state index contributed by atoms with van der Waals surface area (Å²) in [6.07, 6.45) is 1.67. The predicted octanol–water partition coefficient (Wildman–Crippen LogP) is 2.05. The van der Waals surface area contributed by atoms with E-state index in [9.17, 15) is 0 Å². The Kier molecular flexibility index (Phi) is 8.08. The van der Waals surface area contributed by atoms with E-state index in [0.29, 0.717) is 13.2 Å². The van der Waals surface area contributed by atoms with Gasteiger partial charge in [0, 0.05) is 26.2 Å². The summed E-state index contributed by atoms with van der Waals surface area (Å²) in [4.78, 5) is 5.41. The van der Waals surface area contributed by atoms with Crippen LogP contribution in [0.25, 0.3) is 0 Å². The topological polar surface area (TPSA) is 39.7 Å². The molecule has 0 fully saturated rings. The van der Waals surface area contributed by atoms with Crippen molar-refractivity contribution in [1.82, 2.24) is 5.48 Å². The molecular weight excluding hydrogens is 182 g/mol. The lowest BCUT2D eigenvalue weighted by molar-refractivity contribution is -0.400. The molecule has 0 saturated heterocycles. The molecule has 0 spiro atoms. The van der Waals surface area contributed by atoms with Crippen LogP contribution in [0.3, 0.4) is 0 Å². The maximum absolute atomic E-state index is 5.51. The first kappa shape index (κ1) is 13.8. The highest BCUT2D eigenvalue weighted by Gasteiger charge is 2.32. The largest absolute Gasteiger partial charge is 0.327 e. The molecule has 0 saturated carbocycles. The molecule has 0 radical (unpaired) electrons. The average molecular weight is 205 g/mol. The zero-order valence-electron chi connectivity index (χ0n) is 9.76. The van der Waals surface area contributed by atoms with E-state index >= 15 is 0 Å². The second kappa shape index (κ2) is 8.17. The normalized spacial score (nSPS) is 12.0. The molecule has 4 nitrogen and oxygen atoms in total. The molecule has 0 rings (SSSR count). The lowest BCUT2D eigenvalue weighted by Crippen LogP contribution is -2.43. The van der Waals surface area contributed by atoms with Gasteiger partial charge in [0.1, 0.15) is 0 Å². The fraction of sp³-hybridized carbons (Fsp3) is 1.00. The van der Waals surface area contributed by atoms with Crippen LogP contribution >= 0.6 is 0 Å². The lowest BCUT2D eigenvalue weighted by atomic mass is 10.3. The first-order valence-electron chi connectivity index (χ1n) is 5.43. The molecule has 0 aromatic carbocycles. The number of hydrogen-bond acceptors (Lipinski definition) is 4. The van der Waals surface area contributed by atoms with E-state index < -0.39 is 5.97 Å². The number of hydrogen-bond donors (Lipinski definition) is 1. The van der Waals surface area contributed by atoms with E-state index in [1.807, 2.05) is 20.8 Å². The highest BCUT2D eigenvalue weighted by atomic mass is 16.9. The quantitative estimate of drug-likeness (QED) is 0.462. The van der Waals surface area contributed by atoms with E-state index in [1.54, 1.807) is 0 Å². The Morgan fingerprint density at radius 3 is 1.93 bits per heavy atom. The van der Waals surface area contributed by atoms with Crippen molar-refractivity contribution < 1.29 is 14.3 Å².